The molecular weight excluding hydrogens is 327 g/mol. The van der Waals surface area contributed by atoms with Crippen molar-refractivity contribution < 1.29 is 0 Å². The fourth-order valence-corrected chi connectivity index (χ4v) is 2.73. The monoisotopic (exact) mass is 336 g/mol. The summed E-state index contributed by atoms with van der Waals surface area (Å²) in [6, 6.07) is 13.1. The quantitative estimate of drug-likeness (QED) is 0.659. The minimum atomic E-state index is 0.601. The van der Waals surface area contributed by atoms with Gasteiger partial charge in [0.2, 0.25) is 0 Å². The number of aromatic amines is 1. The largest absolute Gasteiger partial charge is 0.342 e. The van der Waals surface area contributed by atoms with Gasteiger partial charge >= 0.3 is 0 Å². The molecule has 21 heavy (non-hydrogen) atoms. The highest BCUT2D eigenvalue weighted by Gasteiger charge is 2.08. The van der Waals surface area contributed by atoms with Crippen molar-refractivity contribution in [2.75, 3.05) is 0 Å². The number of hydrogen-bond acceptors (Lipinski definition) is 1. The number of imidazole rings is 1. The minimum Gasteiger partial charge on any atom is -0.342 e. The Kier molecular flexibility index (Phi) is 4.20. The molecule has 0 bridgehead atoms. The summed E-state index contributed by atoms with van der Waals surface area (Å²) in [6.07, 6.45) is 2.49. The van der Waals surface area contributed by atoms with Crippen LogP contribution in [0.15, 0.2) is 48.7 Å². The first kappa shape index (κ1) is 14.5. The maximum absolute atomic E-state index is 6.20. The maximum Gasteiger partial charge on any atom is 0.110 e. The van der Waals surface area contributed by atoms with Crippen LogP contribution in [-0.2, 0) is 6.42 Å². The number of nitrogens with one attached hydrogen (secondary N) is 1. The van der Waals surface area contributed by atoms with E-state index in [9.17, 15) is 0 Å². The molecule has 3 aromatic rings. The van der Waals surface area contributed by atoms with Gasteiger partial charge in [-0.1, -0.05) is 46.9 Å². The van der Waals surface area contributed by atoms with Gasteiger partial charge in [0.15, 0.2) is 0 Å². The van der Waals surface area contributed by atoms with Crippen molar-refractivity contribution in [3.8, 4) is 11.3 Å². The van der Waals surface area contributed by atoms with Crippen LogP contribution in [0.5, 0.6) is 0 Å². The van der Waals surface area contributed by atoms with E-state index in [0.29, 0.717) is 16.5 Å². The van der Waals surface area contributed by atoms with Crippen molar-refractivity contribution >= 4 is 34.8 Å². The SMILES string of the molecule is Clc1ccc(Cc2ncc(-c3ccc(Cl)cc3Cl)[nH]2)cc1. The highest BCUT2D eigenvalue weighted by atomic mass is 35.5. The molecule has 106 valence electrons. The third kappa shape index (κ3) is 3.41. The second-order valence-corrected chi connectivity index (χ2v) is 5.95. The van der Waals surface area contributed by atoms with Gasteiger partial charge < -0.3 is 4.98 Å². The van der Waals surface area contributed by atoms with Gasteiger partial charge in [0.25, 0.3) is 0 Å². The second kappa shape index (κ2) is 6.10. The zero-order chi connectivity index (χ0) is 14.8. The summed E-state index contributed by atoms with van der Waals surface area (Å²) in [4.78, 5) is 7.67. The van der Waals surface area contributed by atoms with Crippen LogP contribution < -0.4 is 0 Å². The summed E-state index contributed by atoms with van der Waals surface area (Å²) in [6.45, 7) is 0. The third-order valence-corrected chi connectivity index (χ3v) is 3.93. The number of nitrogens with zero attached hydrogens (tertiary/aromatic N) is 1. The van der Waals surface area contributed by atoms with E-state index in [1.54, 1.807) is 12.3 Å². The highest BCUT2D eigenvalue weighted by molar-refractivity contribution is 6.36. The van der Waals surface area contributed by atoms with Gasteiger partial charge in [0, 0.05) is 22.0 Å². The molecular formula is C16H11Cl3N2. The molecule has 3 rings (SSSR count). The van der Waals surface area contributed by atoms with Gasteiger partial charge in [-0.25, -0.2) is 4.98 Å². The molecule has 1 N–H and O–H groups in total. The summed E-state index contributed by atoms with van der Waals surface area (Å²) >= 11 is 18.0. The predicted molar refractivity (Wildman–Crippen MR) is 88.3 cm³/mol. The standard InChI is InChI=1S/C16H11Cl3N2/c17-11-3-1-10(2-4-11)7-16-20-9-15(21-16)13-6-5-12(18)8-14(13)19/h1-6,8-9H,7H2,(H,20,21). The Balaban J connectivity index is 1.84. The number of rotatable bonds is 3. The molecule has 0 saturated heterocycles. The van der Waals surface area contributed by atoms with E-state index in [0.717, 1.165) is 27.7 Å². The molecule has 0 spiro atoms. The third-order valence-electron chi connectivity index (χ3n) is 3.13. The van der Waals surface area contributed by atoms with E-state index in [2.05, 4.69) is 9.97 Å². The molecule has 0 aliphatic heterocycles. The summed E-state index contributed by atoms with van der Waals surface area (Å²) in [5.74, 6) is 0.873. The van der Waals surface area contributed by atoms with Crippen LogP contribution in [0, 0.1) is 0 Å². The van der Waals surface area contributed by atoms with Gasteiger partial charge in [0.05, 0.1) is 16.9 Å². The maximum atomic E-state index is 6.20. The Morgan fingerprint density at radius 1 is 0.905 bits per heavy atom. The van der Waals surface area contributed by atoms with Crippen LogP contribution in [-0.4, -0.2) is 9.97 Å². The summed E-state index contributed by atoms with van der Waals surface area (Å²) in [5.41, 5.74) is 2.90. The van der Waals surface area contributed by atoms with Gasteiger partial charge in [-0.3, -0.25) is 0 Å². The molecule has 1 aromatic heterocycles. The number of H-pyrrole nitrogens is 1. The Morgan fingerprint density at radius 2 is 1.62 bits per heavy atom. The van der Waals surface area contributed by atoms with Crippen LogP contribution in [0.3, 0.4) is 0 Å². The zero-order valence-corrected chi connectivity index (χ0v) is 13.2. The van der Waals surface area contributed by atoms with Crippen molar-refractivity contribution in [1.29, 1.82) is 0 Å². The van der Waals surface area contributed by atoms with E-state index >= 15 is 0 Å². The van der Waals surface area contributed by atoms with E-state index in [-0.39, 0.29) is 0 Å². The van der Waals surface area contributed by atoms with Gasteiger partial charge in [-0.2, -0.15) is 0 Å². The Labute approximate surface area is 137 Å². The molecule has 2 aromatic carbocycles. The highest BCUT2D eigenvalue weighted by Crippen LogP contribution is 2.29. The zero-order valence-electron chi connectivity index (χ0n) is 10.9. The number of aromatic nitrogens is 2. The van der Waals surface area contributed by atoms with E-state index in [1.165, 1.54) is 0 Å². The van der Waals surface area contributed by atoms with Crippen molar-refractivity contribution in [1.82, 2.24) is 9.97 Å². The molecule has 0 unspecified atom stereocenters. The molecule has 1 heterocycles. The minimum absolute atomic E-state index is 0.601. The Morgan fingerprint density at radius 3 is 2.33 bits per heavy atom. The topological polar surface area (TPSA) is 28.7 Å². The van der Waals surface area contributed by atoms with Crippen molar-refractivity contribution in [3.63, 3.8) is 0 Å². The first-order chi connectivity index (χ1) is 10.1. The lowest BCUT2D eigenvalue weighted by Gasteiger charge is -2.02. The van der Waals surface area contributed by atoms with Crippen LogP contribution in [0.25, 0.3) is 11.3 Å². The average molecular weight is 338 g/mol. The molecule has 5 heteroatoms. The Bertz CT molecular complexity index is 763. The summed E-state index contributed by atoms with van der Waals surface area (Å²) in [7, 11) is 0. The molecule has 0 aliphatic rings. The van der Waals surface area contributed by atoms with Gasteiger partial charge in [0.1, 0.15) is 5.82 Å². The fourth-order valence-electron chi connectivity index (χ4n) is 2.09. The van der Waals surface area contributed by atoms with Crippen LogP contribution in [0.2, 0.25) is 15.1 Å². The van der Waals surface area contributed by atoms with Crippen molar-refractivity contribution in [2.24, 2.45) is 0 Å². The fraction of sp³-hybridized carbons (Fsp3) is 0.0625. The molecule has 2 nitrogen and oxygen atoms in total. The Hall–Kier alpha value is -1.48. The molecule has 0 radical (unpaired) electrons. The average Bonchev–Trinajstić information content (AvgIpc) is 2.90. The molecule has 0 amide bonds. The first-order valence-electron chi connectivity index (χ1n) is 6.35. The van der Waals surface area contributed by atoms with Gasteiger partial charge in [-0.05, 0) is 35.9 Å². The summed E-state index contributed by atoms with van der Waals surface area (Å²) < 4.78 is 0. The molecule has 0 atom stereocenters. The van der Waals surface area contributed by atoms with Crippen LogP contribution in [0.1, 0.15) is 11.4 Å². The lowest BCUT2D eigenvalue weighted by atomic mass is 10.1. The lowest BCUT2D eigenvalue weighted by molar-refractivity contribution is 1.03. The first-order valence-corrected chi connectivity index (χ1v) is 7.49. The normalized spacial score (nSPS) is 10.8. The summed E-state index contributed by atoms with van der Waals surface area (Å²) in [5, 5.41) is 1.95. The molecule has 0 fully saturated rings. The smallest absolute Gasteiger partial charge is 0.110 e. The number of hydrogen-bond donors (Lipinski definition) is 1. The second-order valence-electron chi connectivity index (χ2n) is 4.67. The van der Waals surface area contributed by atoms with E-state index in [1.807, 2.05) is 36.4 Å². The predicted octanol–water partition coefficient (Wildman–Crippen LogP) is 5.63. The van der Waals surface area contributed by atoms with E-state index < -0.39 is 0 Å². The number of benzene rings is 2. The number of halogens is 3. The van der Waals surface area contributed by atoms with Crippen molar-refractivity contribution in [3.05, 3.63) is 75.1 Å². The molecule has 0 aliphatic carbocycles. The van der Waals surface area contributed by atoms with Crippen LogP contribution in [0.4, 0.5) is 0 Å². The van der Waals surface area contributed by atoms with E-state index in [4.69, 9.17) is 34.8 Å². The van der Waals surface area contributed by atoms with Crippen LogP contribution >= 0.6 is 34.8 Å². The van der Waals surface area contributed by atoms with Crippen molar-refractivity contribution in [2.45, 2.75) is 6.42 Å². The lowest BCUT2D eigenvalue weighted by Crippen LogP contribution is -1.90. The van der Waals surface area contributed by atoms with Gasteiger partial charge in [-0.15, -0.1) is 0 Å². The molecule has 0 saturated carbocycles.